The van der Waals surface area contributed by atoms with E-state index in [1.54, 1.807) is 18.2 Å². The zero-order valence-electron chi connectivity index (χ0n) is 10.4. The molecule has 0 radical (unpaired) electrons. The van der Waals surface area contributed by atoms with Crippen LogP contribution in [0, 0.1) is 11.3 Å². The van der Waals surface area contributed by atoms with Crippen molar-refractivity contribution in [3.8, 4) is 6.07 Å². The van der Waals surface area contributed by atoms with Gasteiger partial charge in [-0.2, -0.15) is 5.26 Å². The second kappa shape index (κ2) is 5.91. The fourth-order valence-corrected chi connectivity index (χ4v) is 2.32. The van der Waals surface area contributed by atoms with Gasteiger partial charge in [-0.25, -0.2) is 4.79 Å². The molecule has 0 spiro atoms. The van der Waals surface area contributed by atoms with Gasteiger partial charge in [0.05, 0.1) is 42.7 Å². The van der Waals surface area contributed by atoms with E-state index in [9.17, 15) is 4.79 Å². The van der Waals surface area contributed by atoms with Crippen molar-refractivity contribution in [2.75, 3.05) is 31.8 Å². The summed E-state index contributed by atoms with van der Waals surface area (Å²) in [7, 11) is 1.34. The number of benzene rings is 1. The third-order valence-corrected chi connectivity index (χ3v) is 3.29. The highest BCUT2D eigenvalue weighted by molar-refractivity contribution is 6.33. The van der Waals surface area contributed by atoms with Crippen molar-refractivity contribution < 1.29 is 14.3 Å². The summed E-state index contributed by atoms with van der Waals surface area (Å²) in [6, 6.07) is 6.51. The van der Waals surface area contributed by atoms with Gasteiger partial charge in [0.2, 0.25) is 0 Å². The molecule has 0 saturated carbocycles. The summed E-state index contributed by atoms with van der Waals surface area (Å²) in [4.78, 5) is 13.6. The van der Waals surface area contributed by atoms with E-state index >= 15 is 0 Å². The Hall–Kier alpha value is -1.77. The van der Waals surface area contributed by atoms with Crippen LogP contribution in [0.25, 0.3) is 0 Å². The van der Waals surface area contributed by atoms with Crippen LogP contribution in [-0.2, 0) is 14.3 Å². The van der Waals surface area contributed by atoms with Gasteiger partial charge < -0.3 is 14.4 Å². The highest BCUT2D eigenvalue weighted by Gasteiger charge is 2.31. The molecule has 0 aromatic heterocycles. The van der Waals surface area contributed by atoms with E-state index in [0.717, 1.165) is 0 Å². The van der Waals surface area contributed by atoms with Crippen molar-refractivity contribution in [3.63, 3.8) is 0 Å². The second-order valence-electron chi connectivity index (χ2n) is 4.09. The molecular weight excluding hydrogens is 268 g/mol. The molecule has 1 saturated heterocycles. The minimum absolute atomic E-state index is 0.267. The number of rotatable bonds is 2. The molecule has 100 valence electrons. The third-order valence-electron chi connectivity index (χ3n) is 2.99. The number of morpholine rings is 1. The van der Waals surface area contributed by atoms with E-state index < -0.39 is 6.04 Å². The maximum Gasteiger partial charge on any atom is 0.330 e. The molecule has 0 N–H and O–H groups in total. The quantitative estimate of drug-likeness (QED) is 0.770. The van der Waals surface area contributed by atoms with Crippen molar-refractivity contribution in [1.82, 2.24) is 0 Å². The number of nitriles is 1. The highest BCUT2D eigenvalue weighted by atomic mass is 35.5. The van der Waals surface area contributed by atoms with Gasteiger partial charge in [-0.1, -0.05) is 11.6 Å². The van der Waals surface area contributed by atoms with E-state index in [2.05, 4.69) is 0 Å². The Bertz CT molecular complexity index is 527. The SMILES string of the molecule is COC(=O)C1COCCN1c1ccc(C#N)cc1Cl. The lowest BCUT2D eigenvalue weighted by molar-refractivity contribution is -0.144. The number of hydrogen-bond acceptors (Lipinski definition) is 5. The lowest BCUT2D eigenvalue weighted by Gasteiger charge is -2.35. The molecule has 0 bridgehead atoms. The Balaban J connectivity index is 2.32. The lowest BCUT2D eigenvalue weighted by atomic mass is 10.1. The molecule has 0 aliphatic carbocycles. The van der Waals surface area contributed by atoms with Gasteiger partial charge in [-0.3, -0.25) is 0 Å². The zero-order valence-corrected chi connectivity index (χ0v) is 11.2. The van der Waals surface area contributed by atoms with Crippen LogP contribution in [0.4, 0.5) is 5.69 Å². The summed E-state index contributed by atoms with van der Waals surface area (Å²) < 4.78 is 10.1. The first-order valence-corrected chi connectivity index (χ1v) is 6.17. The molecule has 2 rings (SSSR count). The smallest absolute Gasteiger partial charge is 0.330 e. The Kier molecular flexibility index (Phi) is 4.25. The van der Waals surface area contributed by atoms with E-state index in [-0.39, 0.29) is 12.6 Å². The molecule has 1 aliphatic rings. The molecule has 1 atom stereocenters. The molecular formula is C13H13ClN2O3. The summed E-state index contributed by atoms with van der Waals surface area (Å²) in [5.74, 6) is -0.361. The molecule has 1 fully saturated rings. The standard InChI is InChI=1S/C13H13ClN2O3/c1-18-13(17)12-8-19-5-4-16(12)11-3-2-9(7-15)6-10(11)14/h2-3,6,12H,4-5,8H2,1H3. The molecule has 1 aliphatic heterocycles. The number of carbonyl (C=O) groups excluding carboxylic acids is 1. The first-order valence-electron chi connectivity index (χ1n) is 5.79. The van der Waals surface area contributed by atoms with Gasteiger partial charge >= 0.3 is 5.97 Å². The molecule has 1 unspecified atom stereocenters. The van der Waals surface area contributed by atoms with Gasteiger partial charge in [0.25, 0.3) is 0 Å². The molecule has 1 aromatic rings. The topological polar surface area (TPSA) is 62.6 Å². The first-order chi connectivity index (χ1) is 9.17. The monoisotopic (exact) mass is 280 g/mol. The Morgan fingerprint density at radius 2 is 2.42 bits per heavy atom. The van der Waals surface area contributed by atoms with Crippen LogP contribution >= 0.6 is 11.6 Å². The third kappa shape index (κ3) is 2.80. The highest BCUT2D eigenvalue weighted by Crippen LogP contribution is 2.29. The summed E-state index contributed by atoms with van der Waals surface area (Å²) >= 11 is 6.17. The molecule has 0 amide bonds. The maximum absolute atomic E-state index is 11.7. The van der Waals surface area contributed by atoms with Crippen molar-refractivity contribution >= 4 is 23.3 Å². The largest absolute Gasteiger partial charge is 0.467 e. The van der Waals surface area contributed by atoms with Gasteiger partial charge in [0.1, 0.15) is 0 Å². The van der Waals surface area contributed by atoms with E-state index in [0.29, 0.717) is 29.4 Å². The van der Waals surface area contributed by atoms with Crippen LogP contribution in [0.5, 0.6) is 0 Å². The van der Waals surface area contributed by atoms with Crippen LogP contribution in [0.1, 0.15) is 5.56 Å². The number of esters is 1. The molecule has 1 aromatic carbocycles. The minimum atomic E-state index is -0.510. The summed E-state index contributed by atoms with van der Waals surface area (Å²) in [5.41, 5.74) is 1.19. The van der Waals surface area contributed by atoms with Crippen LogP contribution in [0.3, 0.4) is 0 Å². The Labute approximate surface area is 116 Å². The summed E-state index contributed by atoms with van der Waals surface area (Å²) in [6.07, 6.45) is 0. The first kappa shape index (κ1) is 13.7. The average Bonchev–Trinajstić information content (AvgIpc) is 2.46. The van der Waals surface area contributed by atoms with Crippen molar-refractivity contribution in [2.45, 2.75) is 6.04 Å². The van der Waals surface area contributed by atoms with E-state index in [4.69, 9.17) is 26.3 Å². The fraction of sp³-hybridized carbons (Fsp3) is 0.385. The predicted molar refractivity (Wildman–Crippen MR) is 70.1 cm³/mol. The second-order valence-corrected chi connectivity index (χ2v) is 4.49. The summed E-state index contributed by atoms with van der Waals surface area (Å²) in [5, 5.41) is 9.26. The normalized spacial score (nSPS) is 18.8. The van der Waals surface area contributed by atoms with E-state index in [1.807, 2.05) is 11.0 Å². The van der Waals surface area contributed by atoms with Crippen LogP contribution in [0.15, 0.2) is 18.2 Å². The predicted octanol–water partition coefficient (Wildman–Crippen LogP) is 1.59. The molecule has 1 heterocycles. The van der Waals surface area contributed by atoms with Crippen LogP contribution < -0.4 is 4.90 Å². The van der Waals surface area contributed by atoms with Gasteiger partial charge in [0.15, 0.2) is 6.04 Å². The average molecular weight is 281 g/mol. The molecule has 6 heteroatoms. The van der Waals surface area contributed by atoms with Crippen molar-refractivity contribution in [2.24, 2.45) is 0 Å². The van der Waals surface area contributed by atoms with Gasteiger partial charge in [-0.15, -0.1) is 0 Å². The molecule has 5 nitrogen and oxygen atoms in total. The van der Waals surface area contributed by atoms with Crippen LogP contribution in [-0.4, -0.2) is 38.9 Å². The Morgan fingerprint density at radius 1 is 1.63 bits per heavy atom. The molecule has 19 heavy (non-hydrogen) atoms. The van der Waals surface area contributed by atoms with Gasteiger partial charge in [0, 0.05) is 6.54 Å². The number of hydrogen-bond donors (Lipinski definition) is 0. The fourth-order valence-electron chi connectivity index (χ4n) is 2.03. The van der Waals surface area contributed by atoms with Crippen LogP contribution in [0.2, 0.25) is 5.02 Å². The number of carbonyl (C=O) groups is 1. The number of halogens is 1. The maximum atomic E-state index is 11.7. The zero-order chi connectivity index (χ0) is 13.8. The van der Waals surface area contributed by atoms with Crippen molar-refractivity contribution in [3.05, 3.63) is 28.8 Å². The number of ether oxygens (including phenoxy) is 2. The Morgan fingerprint density at radius 3 is 3.05 bits per heavy atom. The van der Waals surface area contributed by atoms with E-state index in [1.165, 1.54) is 7.11 Å². The van der Waals surface area contributed by atoms with Gasteiger partial charge in [-0.05, 0) is 18.2 Å². The lowest BCUT2D eigenvalue weighted by Crippen LogP contribution is -2.50. The number of anilines is 1. The summed E-state index contributed by atoms with van der Waals surface area (Å²) in [6.45, 7) is 1.33. The number of nitrogens with zero attached hydrogens (tertiary/aromatic N) is 2. The van der Waals surface area contributed by atoms with Crippen molar-refractivity contribution in [1.29, 1.82) is 5.26 Å². The minimum Gasteiger partial charge on any atom is -0.467 e. The number of methoxy groups -OCH3 is 1.